The first-order chi connectivity index (χ1) is 13.7. The molecule has 0 bridgehead atoms. The number of carbonyl (C=O) groups is 2. The monoisotopic (exact) mass is 453 g/mol. The van der Waals surface area contributed by atoms with E-state index in [-0.39, 0.29) is 22.1 Å². The summed E-state index contributed by atoms with van der Waals surface area (Å²) in [5.74, 6) is -1.57. The maximum absolute atomic E-state index is 14.9. The van der Waals surface area contributed by atoms with Gasteiger partial charge in [-0.1, -0.05) is 12.1 Å². The van der Waals surface area contributed by atoms with Gasteiger partial charge in [0.2, 0.25) is 5.28 Å². The van der Waals surface area contributed by atoms with Crippen molar-refractivity contribution in [2.45, 2.75) is 38.8 Å². The Morgan fingerprint density at radius 3 is 2.50 bits per heavy atom. The second kappa shape index (κ2) is 7.13. The highest BCUT2D eigenvalue weighted by molar-refractivity contribution is 7.70. The third-order valence-corrected chi connectivity index (χ3v) is 6.46. The topological polar surface area (TPSA) is 89.5 Å². The van der Waals surface area contributed by atoms with E-state index in [1.165, 1.54) is 26.3 Å². The summed E-state index contributed by atoms with van der Waals surface area (Å²) < 4.78 is 33.4. The zero-order chi connectivity index (χ0) is 22.6. The summed E-state index contributed by atoms with van der Waals surface area (Å²) >= 11 is 5.92. The van der Waals surface area contributed by atoms with Crippen LogP contribution >= 0.6 is 18.7 Å². The van der Waals surface area contributed by atoms with E-state index in [2.05, 4.69) is 9.97 Å². The Morgan fingerprint density at radius 1 is 1.30 bits per heavy atom. The van der Waals surface area contributed by atoms with Gasteiger partial charge in [-0.25, -0.2) is 24.1 Å². The van der Waals surface area contributed by atoms with Crippen LogP contribution in [0.2, 0.25) is 5.28 Å². The number of ether oxygens (including phenoxy) is 1. The van der Waals surface area contributed by atoms with Gasteiger partial charge in [-0.05, 0) is 58.7 Å². The van der Waals surface area contributed by atoms with E-state index < -0.39 is 36.1 Å². The van der Waals surface area contributed by atoms with Crippen molar-refractivity contribution >= 4 is 36.0 Å². The van der Waals surface area contributed by atoms with Gasteiger partial charge in [-0.3, -0.25) is 4.79 Å². The van der Waals surface area contributed by atoms with E-state index in [4.69, 9.17) is 16.3 Å². The van der Waals surface area contributed by atoms with Crippen molar-refractivity contribution in [3.05, 3.63) is 52.3 Å². The summed E-state index contributed by atoms with van der Waals surface area (Å²) in [5, 5.41) is 0.0855. The van der Waals surface area contributed by atoms with Crippen LogP contribution in [0.5, 0.6) is 0 Å². The molecule has 1 aliphatic heterocycles. The zero-order valence-corrected chi connectivity index (χ0v) is 19.1. The van der Waals surface area contributed by atoms with Crippen LogP contribution in [0, 0.1) is 5.82 Å². The third-order valence-electron chi connectivity index (χ3n) is 4.74. The minimum absolute atomic E-state index is 0.124. The lowest BCUT2D eigenvalue weighted by Crippen LogP contribution is -2.50. The zero-order valence-electron chi connectivity index (χ0n) is 17.5. The predicted molar refractivity (Wildman–Crippen MR) is 111 cm³/mol. The molecular formula is C20H22ClFN3O4P. The van der Waals surface area contributed by atoms with Gasteiger partial charge in [0, 0.05) is 16.4 Å². The number of hydrogen-bond acceptors (Lipinski definition) is 6. The molecule has 1 unspecified atom stereocenters. The molecule has 30 heavy (non-hydrogen) atoms. The Kier molecular flexibility index (Phi) is 5.32. The van der Waals surface area contributed by atoms with E-state index in [0.29, 0.717) is 5.30 Å². The Morgan fingerprint density at radius 2 is 1.93 bits per heavy atom. The number of fused-ring (bicyclic) bond motifs is 1. The number of hydrogen-bond donors (Lipinski definition) is 0. The summed E-state index contributed by atoms with van der Waals surface area (Å²) in [5.41, 5.74) is -2.59. The van der Waals surface area contributed by atoms with Gasteiger partial charge in [0.1, 0.15) is 24.0 Å². The average molecular weight is 454 g/mol. The van der Waals surface area contributed by atoms with E-state index >= 15 is 0 Å². The van der Waals surface area contributed by atoms with Crippen molar-refractivity contribution in [2.75, 3.05) is 13.3 Å². The van der Waals surface area contributed by atoms with Crippen molar-refractivity contribution in [2.24, 2.45) is 0 Å². The molecule has 7 nitrogen and oxygen atoms in total. The second-order valence-corrected chi connectivity index (χ2v) is 12.1. The van der Waals surface area contributed by atoms with Crippen molar-refractivity contribution in [1.29, 1.82) is 0 Å². The summed E-state index contributed by atoms with van der Waals surface area (Å²) in [6.07, 6.45) is -0.112. The minimum Gasteiger partial charge on any atom is -0.443 e. The number of rotatable bonds is 2. The number of halogens is 2. The lowest BCUT2D eigenvalue weighted by Gasteiger charge is -2.36. The van der Waals surface area contributed by atoms with Gasteiger partial charge in [0.05, 0.1) is 6.20 Å². The lowest BCUT2D eigenvalue weighted by molar-refractivity contribution is 0.0112. The molecule has 0 aliphatic carbocycles. The first-order valence-electron chi connectivity index (χ1n) is 9.13. The maximum atomic E-state index is 14.9. The van der Waals surface area contributed by atoms with Gasteiger partial charge < -0.3 is 9.30 Å². The standard InChI is InChI=1S/C20H22ClFN3O4P/c1-19(2,3)29-18(27)25-16(26)11-8-7-9-13(30(5,6)28)14(11)20(25,4)15-12(22)10-23-17(21)24-15/h7-10H,1-6H3. The van der Waals surface area contributed by atoms with Crippen LogP contribution in [0.1, 0.15) is 49.3 Å². The number of nitrogens with zero attached hydrogens (tertiary/aromatic N) is 3. The van der Waals surface area contributed by atoms with Crippen molar-refractivity contribution < 1.29 is 23.3 Å². The smallest absolute Gasteiger partial charge is 0.418 e. The molecule has 1 aromatic carbocycles. The molecule has 2 amide bonds. The van der Waals surface area contributed by atoms with Crippen LogP contribution in [0.25, 0.3) is 0 Å². The Hall–Kier alpha value is -2.31. The van der Waals surface area contributed by atoms with Crippen molar-refractivity contribution in [1.82, 2.24) is 14.9 Å². The lowest BCUT2D eigenvalue weighted by atomic mass is 9.87. The summed E-state index contributed by atoms with van der Waals surface area (Å²) in [4.78, 5) is 34.9. The molecule has 1 aromatic heterocycles. The fraction of sp³-hybridized carbons (Fsp3) is 0.400. The maximum Gasteiger partial charge on any atom is 0.418 e. The molecule has 0 fully saturated rings. The first kappa shape index (κ1) is 22.4. The van der Waals surface area contributed by atoms with Crippen LogP contribution in [0.3, 0.4) is 0 Å². The number of imide groups is 1. The van der Waals surface area contributed by atoms with Gasteiger partial charge in [-0.2, -0.15) is 0 Å². The molecule has 0 saturated heterocycles. The number of aromatic nitrogens is 2. The first-order valence-corrected chi connectivity index (χ1v) is 12.1. The molecule has 10 heteroatoms. The molecule has 160 valence electrons. The Labute approximate surface area is 179 Å². The van der Waals surface area contributed by atoms with Gasteiger partial charge in [0.25, 0.3) is 5.91 Å². The van der Waals surface area contributed by atoms with Gasteiger partial charge in [0.15, 0.2) is 5.82 Å². The van der Waals surface area contributed by atoms with Crippen LogP contribution < -0.4 is 5.30 Å². The predicted octanol–water partition coefficient (Wildman–Crippen LogP) is 4.17. The SMILES string of the molecule is CC(C)(C)OC(=O)N1C(=O)c2cccc(P(C)(C)=O)c2C1(C)c1nc(Cl)ncc1F. The Bertz CT molecular complexity index is 1110. The normalized spacial score (nSPS) is 19.1. The van der Waals surface area contributed by atoms with E-state index in [1.807, 2.05) is 0 Å². The van der Waals surface area contributed by atoms with E-state index in [9.17, 15) is 18.5 Å². The average Bonchev–Trinajstić information content (AvgIpc) is 2.83. The molecule has 0 spiro atoms. The molecule has 2 heterocycles. The van der Waals surface area contributed by atoms with Gasteiger partial charge in [-0.15, -0.1) is 0 Å². The molecule has 0 radical (unpaired) electrons. The molecular weight excluding hydrogens is 432 g/mol. The van der Waals surface area contributed by atoms with E-state index in [1.54, 1.807) is 32.9 Å². The minimum atomic E-state index is -2.94. The highest BCUT2D eigenvalue weighted by Gasteiger charge is 2.56. The molecule has 2 aromatic rings. The number of amides is 2. The van der Waals surface area contributed by atoms with Crippen molar-refractivity contribution in [3.8, 4) is 0 Å². The fourth-order valence-electron chi connectivity index (χ4n) is 3.60. The number of benzene rings is 1. The molecule has 1 aliphatic rings. The van der Waals surface area contributed by atoms with Crippen molar-refractivity contribution in [3.63, 3.8) is 0 Å². The number of carbonyl (C=O) groups excluding carboxylic acids is 2. The van der Waals surface area contributed by atoms with Crippen LogP contribution in [0.15, 0.2) is 24.4 Å². The highest BCUT2D eigenvalue weighted by Crippen LogP contribution is 2.49. The summed E-state index contributed by atoms with van der Waals surface area (Å²) in [7, 11) is -2.94. The quantitative estimate of drug-likeness (QED) is 0.501. The Balaban J connectivity index is 2.40. The highest BCUT2D eigenvalue weighted by atomic mass is 35.5. The molecule has 0 N–H and O–H groups in total. The third kappa shape index (κ3) is 3.63. The molecule has 3 rings (SSSR count). The summed E-state index contributed by atoms with van der Waals surface area (Å²) in [6.45, 7) is 9.48. The van der Waals surface area contributed by atoms with Gasteiger partial charge >= 0.3 is 6.09 Å². The largest absolute Gasteiger partial charge is 0.443 e. The molecule has 0 saturated carbocycles. The summed E-state index contributed by atoms with van der Waals surface area (Å²) in [6, 6.07) is 4.68. The molecule has 1 atom stereocenters. The van der Waals surface area contributed by atoms with Crippen LogP contribution in [-0.4, -0.2) is 45.8 Å². The second-order valence-electron chi connectivity index (χ2n) is 8.58. The van der Waals surface area contributed by atoms with Crippen LogP contribution in [-0.2, 0) is 14.8 Å². The fourth-order valence-corrected chi connectivity index (χ4v) is 5.05. The van der Waals surface area contributed by atoms with Crippen LogP contribution in [0.4, 0.5) is 9.18 Å². The van der Waals surface area contributed by atoms with E-state index in [0.717, 1.165) is 11.1 Å².